The fourth-order valence-corrected chi connectivity index (χ4v) is 2.33. The fourth-order valence-electron chi connectivity index (χ4n) is 2.33. The van der Waals surface area contributed by atoms with Crippen molar-refractivity contribution in [1.82, 2.24) is 4.90 Å². The molecule has 0 radical (unpaired) electrons. The number of hydrogen-bond acceptors (Lipinski definition) is 3. The predicted molar refractivity (Wildman–Crippen MR) is 63.3 cm³/mol. The van der Waals surface area contributed by atoms with Crippen molar-refractivity contribution in [2.75, 3.05) is 20.1 Å². The number of aliphatic hydroxyl groups is 1. The maximum atomic E-state index is 10.2. The molecule has 1 fully saturated rings. The first-order chi connectivity index (χ1) is 7.66. The van der Waals surface area contributed by atoms with Gasteiger partial charge in [0.2, 0.25) is 0 Å². The van der Waals surface area contributed by atoms with Crippen LogP contribution >= 0.6 is 0 Å². The monoisotopic (exact) mass is 221 g/mol. The fraction of sp³-hybridized carbons (Fsp3) is 0.538. The Morgan fingerprint density at radius 3 is 2.62 bits per heavy atom. The quantitative estimate of drug-likeness (QED) is 0.800. The summed E-state index contributed by atoms with van der Waals surface area (Å²) in [6, 6.07) is 6.94. The minimum absolute atomic E-state index is 0.226. The highest BCUT2D eigenvalue weighted by Crippen LogP contribution is 2.31. The average molecular weight is 221 g/mol. The van der Waals surface area contributed by atoms with E-state index in [0.29, 0.717) is 5.92 Å². The van der Waals surface area contributed by atoms with Crippen molar-refractivity contribution in [2.24, 2.45) is 5.92 Å². The minimum atomic E-state index is -0.444. The van der Waals surface area contributed by atoms with Crippen LogP contribution in [0.3, 0.4) is 0 Å². The number of phenols is 1. The van der Waals surface area contributed by atoms with Crippen LogP contribution in [0.4, 0.5) is 0 Å². The molecule has 1 saturated heterocycles. The molecule has 1 unspecified atom stereocenters. The molecule has 16 heavy (non-hydrogen) atoms. The molecule has 0 amide bonds. The summed E-state index contributed by atoms with van der Waals surface area (Å²) >= 11 is 0. The van der Waals surface area contributed by atoms with E-state index in [0.717, 1.165) is 31.5 Å². The van der Waals surface area contributed by atoms with Gasteiger partial charge in [0, 0.05) is 0 Å². The summed E-state index contributed by atoms with van der Waals surface area (Å²) in [7, 11) is 2.11. The Kier molecular flexibility index (Phi) is 3.46. The molecule has 1 atom stereocenters. The number of benzene rings is 1. The van der Waals surface area contributed by atoms with Crippen molar-refractivity contribution >= 4 is 0 Å². The Hall–Kier alpha value is -1.06. The van der Waals surface area contributed by atoms with Crippen molar-refractivity contribution < 1.29 is 10.2 Å². The zero-order valence-electron chi connectivity index (χ0n) is 9.63. The van der Waals surface area contributed by atoms with Crippen molar-refractivity contribution in [3.8, 4) is 5.75 Å². The Balaban J connectivity index is 2.04. The molecule has 1 aromatic carbocycles. The van der Waals surface area contributed by atoms with Gasteiger partial charge in [-0.3, -0.25) is 0 Å². The lowest BCUT2D eigenvalue weighted by Crippen LogP contribution is -2.32. The summed E-state index contributed by atoms with van der Waals surface area (Å²) in [6.07, 6.45) is 1.60. The summed E-state index contributed by atoms with van der Waals surface area (Å²) in [5.41, 5.74) is 0.828. The van der Waals surface area contributed by atoms with Crippen LogP contribution < -0.4 is 0 Å². The molecule has 0 aromatic heterocycles. The van der Waals surface area contributed by atoms with Gasteiger partial charge in [-0.2, -0.15) is 0 Å². The van der Waals surface area contributed by atoms with Crippen LogP contribution in [0.25, 0.3) is 0 Å². The van der Waals surface area contributed by atoms with Gasteiger partial charge in [0.15, 0.2) is 0 Å². The van der Waals surface area contributed by atoms with E-state index in [1.54, 1.807) is 18.2 Å². The normalized spacial score (nSPS) is 20.9. The predicted octanol–water partition coefficient (Wildman–Crippen LogP) is 1.77. The molecule has 0 saturated carbocycles. The molecule has 1 aliphatic heterocycles. The molecule has 0 bridgehead atoms. The molecule has 1 aliphatic rings. The van der Waals surface area contributed by atoms with Gasteiger partial charge in [-0.1, -0.05) is 12.1 Å². The Morgan fingerprint density at radius 2 is 2.00 bits per heavy atom. The molecule has 88 valence electrons. The van der Waals surface area contributed by atoms with E-state index in [4.69, 9.17) is 0 Å². The number of aromatic hydroxyl groups is 1. The Bertz CT molecular complexity index is 346. The lowest BCUT2D eigenvalue weighted by Gasteiger charge is -2.32. The first-order valence-corrected chi connectivity index (χ1v) is 5.82. The van der Waals surface area contributed by atoms with Gasteiger partial charge in [-0.15, -0.1) is 0 Å². The van der Waals surface area contributed by atoms with Gasteiger partial charge < -0.3 is 15.1 Å². The summed E-state index contributed by atoms with van der Waals surface area (Å²) in [6.45, 7) is 2.08. The summed E-state index contributed by atoms with van der Waals surface area (Å²) in [5.74, 6) is 0.544. The highest BCUT2D eigenvalue weighted by molar-refractivity contribution is 5.28. The van der Waals surface area contributed by atoms with Crippen molar-refractivity contribution in [3.05, 3.63) is 29.8 Å². The highest BCUT2D eigenvalue weighted by atomic mass is 16.3. The van der Waals surface area contributed by atoms with Crippen LogP contribution in [0.2, 0.25) is 0 Å². The van der Waals surface area contributed by atoms with E-state index in [2.05, 4.69) is 11.9 Å². The number of rotatable bonds is 2. The summed E-state index contributed by atoms with van der Waals surface area (Å²) in [4.78, 5) is 2.28. The van der Waals surface area contributed by atoms with Crippen LogP contribution in [0, 0.1) is 5.92 Å². The smallest absolute Gasteiger partial charge is 0.115 e. The topological polar surface area (TPSA) is 43.7 Å². The Labute approximate surface area is 96.3 Å². The molecule has 2 N–H and O–H groups in total. The Morgan fingerprint density at radius 1 is 1.31 bits per heavy atom. The molecule has 2 rings (SSSR count). The minimum Gasteiger partial charge on any atom is -0.508 e. The molecule has 1 heterocycles. The zero-order valence-corrected chi connectivity index (χ0v) is 9.63. The van der Waals surface area contributed by atoms with Gasteiger partial charge in [-0.05, 0) is 56.6 Å². The average Bonchev–Trinajstić information content (AvgIpc) is 2.29. The van der Waals surface area contributed by atoms with Crippen molar-refractivity contribution in [1.29, 1.82) is 0 Å². The molecule has 3 heteroatoms. The van der Waals surface area contributed by atoms with Crippen LogP contribution in [0.5, 0.6) is 5.75 Å². The number of aliphatic hydroxyl groups excluding tert-OH is 1. The third-order valence-corrected chi connectivity index (χ3v) is 3.42. The molecule has 1 aromatic rings. The molecular weight excluding hydrogens is 202 g/mol. The molecule has 0 spiro atoms. The SMILES string of the molecule is CN1CCC(C(O)c2cccc(O)c2)CC1. The number of nitrogens with zero attached hydrogens (tertiary/aromatic N) is 1. The number of hydrogen-bond donors (Lipinski definition) is 2. The van der Waals surface area contributed by atoms with E-state index >= 15 is 0 Å². The summed E-state index contributed by atoms with van der Waals surface area (Å²) in [5, 5.41) is 19.6. The van der Waals surface area contributed by atoms with E-state index < -0.39 is 6.10 Å². The lowest BCUT2D eigenvalue weighted by molar-refractivity contribution is 0.0656. The third kappa shape index (κ3) is 2.54. The van der Waals surface area contributed by atoms with Crippen LogP contribution in [0.1, 0.15) is 24.5 Å². The highest BCUT2D eigenvalue weighted by Gasteiger charge is 2.24. The molecular formula is C13H19NO2. The first kappa shape index (κ1) is 11.4. The lowest BCUT2D eigenvalue weighted by atomic mass is 9.87. The largest absolute Gasteiger partial charge is 0.508 e. The van der Waals surface area contributed by atoms with Crippen molar-refractivity contribution in [3.63, 3.8) is 0 Å². The van der Waals surface area contributed by atoms with E-state index in [1.807, 2.05) is 6.07 Å². The van der Waals surface area contributed by atoms with Gasteiger partial charge in [0.25, 0.3) is 0 Å². The number of piperidine rings is 1. The van der Waals surface area contributed by atoms with Crippen LogP contribution in [-0.4, -0.2) is 35.3 Å². The van der Waals surface area contributed by atoms with E-state index in [9.17, 15) is 10.2 Å². The first-order valence-electron chi connectivity index (χ1n) is 5.82. The van der Waals surface area contributed by atoms with Crippen molar-refractivity contribution in [2.45, 2.75) is 18.9 Å². The van der Waals surface area contributed by atoms with Gasteiger partial charge in [0.05, 0.1) is 6.10 Å². The van der Waals surface area contributed by atoms with E-state index in [1.165, 1.54) is 0 Å². The standard InChI is InChI=1S/C13H19NO2/c1-14-7-5-10(6-8-14)13(16)11-3-2-4-12(15)9-11/h2-4,9-10,13,15-16H,5-8H2,1H3. The molecule has 0 aliphatic carbocycles. The molecule has 3 nitrogen and oxygen atoms in total. The van der Waals surface area contributed by atoms with Gasteiger partial charge in [-0.25, -0.2) is 0 Å². The number of likely N-dealkylation sites (tertiary alicyclic amines) is 1. The second kappa shape index (κ2) is 4.85. The maximum absolute atomic E-state index is 10.2. The van der Waals surface area contributed by atoms with Crippen LogP contribution in [0.15, 0.2) is 24.3 Å². The zero-order chi connectivity index (χ0) is 11.5. The second-order valence-electron chi connectivity index (χ2n) is 4.68. The van der Waals surface area contributed by atoms with Gasteiger partial charge in [0.1, 0.15) is 5.75 Å². The number of phenolic OH excluding ortho intramolecular Hbond substituents is 1. The maximum Gasteiger partial charge on any atom is 0.115 e. The third-order valence-electron chi connectivity index (χ3n) is 3.42. The van der Waals surface area contributed by atoms with Gasteiger partial charge >= 0.3 is 0 Å². The summed E-state index contributed by atoms with van der Waals surface area (Å²) < 4.78 is 0. The van der Waals surface area contributed by atoms with Crippen LogP contribution in [-0.2, 0) is 0 Å². The second-order valence-corrected chi connectivity index (χ2v) is 4.68. The van der Waals surface area contributed by atoms with E-state index in [-0.39, 0.29) is 5.75 Å².